The number of rotatable bonds is 2. The fraction of sp³-hybridized carbons (Fsp3) is 0.562. The average Bonchev–Trinajstić information content (AvgIpc) is 2.98. The minimum Gasteiger partial charge on any atom is -0.444 e. The predicted molar refractivity (Wildman–Crippen MR) is 84.9 cm³/mol. The molecule has 2 aliphatic rings. The lowest BCUT2D eigenvalue weighted by molar-refractivity contribution is 0.0560. The van der Waals surface area contributed by atoms with Gasteiger partial charge in [-0.15, -0.1) is 0 Å². The highest BCUT2D eigenvalue weighted by Crippen LogP contribution is 2.29. The number of sulfone groups is 1. The van der Waals surface area contributed by atoms with Crippen LogP contribution in [-0.2, 0) is 19.3 Å². The van der Waals surface area contributed by atoms with Gasteiger partial charge in [0, 0.05) is 19.5 Å². The number of hydrogen-bond donors (Lipinski definition) is 0. The van der Waals surface area contributed by atoms with Crippen LogP contribution in [0.3, 0.4) is 0 Å². The van der Waals surface area contributed by atoms with E-state index in [-0.39, 0.29) is 18.4 Å². The Kier molecular flexibility index (Phi) is 4.87. The van der Waals surface area contributed by atoms with E-state index in [1.165, 1.54) is 4.90 Å². The SMILES string of the molecule is O=C(O[C@@H]1CCOC1)N1CC[C@H](c2ccccc2)S(=O)(=O)CC1. The molecule has 2 atom stereocenters. The number of benzene rings is 1. The predicted octanol–water partition coefficient (Wildman–Crippen LogP) is 1.77. The molecule has 2 fully saturated rings. The van der Waals surface area contributed by atoms with Gasteiger partial charge in [-0.05, 0) is 12.0 Å². The molecular weight excluding hydrogens is 318 g/mol. The lowest BCUT2D eigenvalue weighted by Gasteiger charge is -2.21. The van der Waals surface area contributed by atoms with Crippen molar-refractivity contribution in [3.05, 3.63) is 35.9 Å². The van der Waals surface area contributed by atoms with Crippen LogP contribution in [-0.4, -0.2) is 57.6 Å². The van der Waals surface area contributed by atoms with Gasteiger partial charge in [0.1, 0.15) is 6.10 Å². The Hall–Kier alpha value is -1.60. The fourth-order valence-electron chi connectivity index (χ4n) is 2.99. The highest BCUT2D eigenvalue weighted by atomic mass is 32.2. The molecule has 6 nitrogen and oxygen atoms in total. The molecule has 0 aromatic heterocycles. The molecule has 23 heavy (non-hydrogen) atoms. The highest BCUT2D eigenvalue weighted by Gasteiger charge is 2.33. The first-order valence-corrected chi connectivity index (χ1v) is 9.57. The largest absolute Gasteiger partial charge is 0.444 e. The minimum atomic E-state index is -3.28. The van der Waals surface area contributed by atoms with Gasteiger partial charge in [-0.1, -0.05) is 30.3 Å². The van der Waals surface area contributed by atoms with Crippen molar-refractivity contribution in [3.63, 3.8) is 0 Å². The zero-order valence-electron chi connectivity index (χ0n) is 12.9. The van der Waals surface area contributed by atoms with E-state index in [1.54, 1.807) is 0 Å². The van der Waals surface area contributed by atoms with E-state index in [4.69, 9.17) is 9.47 Å². The van der Waals surface area contributed by atoms with Crippen LogP contribution >= 0.6 is 0 Å². The van der Waals surface area contributed by atoms with Crippen molar-refractivity contribution in [2.75, 3.05) is 32.1 Å². The van der Waals surface area contributed by atoms with Crippen LogP contribution in [0.15, 0.2) is 30.3 Å². The summed E-state index contributed by atoms with van der Waals surface area (Å²) in [7, 11) is -3.28. The number of ether oxygens (including phenoxy) is 2. The maximum absolute atomic E-state index is 12.5. The zero-order valence-corrected chi connectivity index (χ0v) is 13.7. The summed E-state index contributed by atoms with van der Waals surface area (Å²) in [4.78, 5) is 13.7. The molecule has 2 aliphatic heterocycles. The summed E-state index contributed by atoms with van der Waals surface area (Å²) in [5.41, 5.74) is 0.784. The molecule has 0 N–H and O–H groups in total. The third kappa shape index (κ3) is 3.84. The molecular formula is C16H21NO5S. The van der Waals surface area contributed by atoms with Gasteiger partial charge in [0.25, 0.3) is 0 Å². The van der Waals surface area contributed by atoms with Gasteiger partial charge in [0.15, 0.2) is 9.84 Å². The summed E-state index contributed by atoms with van der Waals surface area (Å²) in [6.07, 6.45) is 0.435. The van der Waals surface area contributed by atoms with Gasteiger partial charge in [-0.2, -0.15) is 0 Å². The Labute approximate surface area is 136 Å². The van der Waals surface area contributed by atoms with Crippen LogP contribution in [0.5, 0.6) is 0 Å². The van der Waals surface area contributed by atoms with Crippen molar-refractivity contribution in [2.45, 2.75) is 24.2 Å². The van der Waals surface area contributed by atoms with Crippen LogP contribution in [0, 0.1) is 0 Å². The topological polar surface area (TPSA) is 72.9 Å². The van der Waals surface area contributed by atoms with E-state index >= 15 is 0 Å². The molecule has 0 aliphatic carbocycles. The van der Waals surface area contributed by atoms with Crippen molar-refractivity contribution in [3.8, 4) is 0 Å². The van der Waals surface area contributed by atoms with Crippen molar-refractivity contribution >= 4 is 15.9 Å². The van der Waals surface area contributed by atoms with Crippen LogP contribution in [0.1, 0.15) is 23.7 Å². The van der Waals surface area contributed by atoms with E-state index in [0.29, 0.717) is 32.6 Å². The number of amides is 1. The molecule has 0 radical (unpaired) electrons. The van der Waals surface area contributed by atoms with E-state index in [2.05, 4.69) is 0 Å². The highest BCUT2D eigenvalue weighted by molar-refractivity contribution is 7.91. The fourth-order valence-corrected chi connectivity index (χ4v) is 4.79. The molecule has 126 valence electrons. The smallest absolute Gasteiger partial charge is 0.410 e. The summed E-state index contributed by atoms with van der Waals surface area (Å²) >= 11 is 0. The van der Waals surface area contributed by atoms with Gasteiger partial charge in [-0.3, -0.25) is 0 Å². The Balaban J connectivity index is 1.68. The summed E-state index contributed by atoms with van der Waals surface area (Å²) in [5, 5.41) is -0.559. The Bertz CT molecular complexity index is 640. The van der Waals surface area contributed by atoms with Gasteiger partial charge < -0.3 is 14.4 Å². The van der Waals surface area contributed by atoms with Gasteiger partial charge in [-0.25, -0.2) is 13.2 Å². The molecule has 0 saturated carbocycles. The molecule has 2 saturated heterocycles. The first-order valence-electron chi connectivity index (χ1n) is 7.86. The van der Waals surface area contributed by atoms with E-state index in [0.717, 1.165) is 5.56 Å². The molecule has 2 heterocycles. The summed E-state index contributed by atoms with van der Waals surface area (Å²) in [6, 6.07) is 9.18. The lowest BCUT2D eigenvalue weighted by atomic mass is 10.1. The third-order valence-electron chi connectivity index (χ3n) is 4.33. The van der Waals surface area contributed by atoms with E-state index in [1.807, 2.05) is 30.3 Å². The van der Waals surface area contributed by atoms with Crippen LogP contribution in [0.4, 0.5) is 4.79 Å². The van der Waals surface area contributed by atoms with Crippen molar-refractivity contribution in [2.24, 2.45) is 0 Å². The second kappa shape index (κ2) is 6.88. The average molecular weight is 339 g/mol. The molecule has 1 amide bonds. The van der Waals surface area contributed by atoms with Gasteiger partial charge >= 0.3 is 6.09 Å². The maximum atomic E-state index is 12.5. The quantitative estimate of drug-likeness (QED) is 0.821. The maximum Gasteiger partial charge on any atom is 0.410 e. The Morgan fingerprint density at radius 3 is 2.65 bits per heavy atom. The van der Waals surface area contributed by atoms with Crippen molar-refractivity contribution in [1.29, 1.82) is 0 Å². The van der Waals surface area contributed by atoms with Crippen LogP contribution in [0.2, 0.25) is 0 Å². The first-order chi connectivity index (χ1) is 11.1. The summed E-state index contributed by atoms with van der Waals surface area (Å²) in [5.74, 6) is -0.0389. The molecule has 1 aromatic rings. The normalized spacial score (nSPS) is 27.4. The summed E-state index contributed by atoms with van der Waals surface area (Å²) < 4.78 is 35.6. The van der Waals surface area contributed by atoms with E-state index in [9.17, 15) is 13.2 Å². The second-order valence-corrected chi connectivity index (χ2v) is 8.21. The minimum absolute atomic E-state index is 0.0389. The standard InChI is InChI=1S/C16H21NO5S/c18-16(22-14-7-10-21-12-14)17-8-6-15(23(19,20)11-9-17)13-4-2-1-3-5-13/h1-5,14-15H,6-12H2/t14-,15-/m1/s1. The molecule has 0 spiro atoms. The monoisotopic (exact) mass is 339 g/mol. The van der Waals surface area contributed by atoms with E-state index < -0.39 is 21.2 Å². The molecule has 3 rings (SSSR count). The summed E-state index contributed by atoms with van der Waals surface area (Å²) in [6.45, 7) is 1.58. The van der Waals surface area contributed by atoms with Crippen molar-refractivity contribution in [1.82, 2.24) is 4.90 Å². The van der Waals surface area contributed by atoms with Crippen LogP contribution in [0.25, 0.3) is 0 Å². The van der Waals surface area contributed by atoms with Crippen molar-refractivity contribution < 1.29 is 22.7 Å². The van der Waals surface area contributed by atoms with Crippen LogP contribution < -0.4 is 0 Å². The lowest BCUT2D eigenvalue weighted by Crippen LogP contribution is -2.36. The number of nitrogens with zero attached hydrogens (tertiary/aromatic N) is 1. The molecule has 0 bridgehead atoms. The van der Waals surface area contributed by atoms with Gasteiger partial charge in [0.05, 0.1) is 24.2 Å². The Morgan fingerprint density at radius 1 is 1.17 bits per heavy atom. The molecule has 0 unspecified atom stereocenters. The molecule has 7 heteroatoms. The number of carbonyl (C=O) groups excluding carboxylic acids is 1. The number of hydrogen-bond acceptors (Lipinski definition) is 5. The third-order valence-corrected chi connectivity index (χ3v) is 6.45. The zero-order chi connectivity index (χ0) is 16.3. The number of carbonyl (C=O) groups is 1. The molecule has 1 aromatic carbocycles. The Morgan fingerprint density at radius 2 is 1.96 bits per heavy atom. The second-order valence-electron chi connectivity index (χ2n) is 5.91. The first kappa shape index (κ1) is 16.3. The van der Waals surface area contributed by atoms with Gasteiger partial charge in [0.2, 0.25) is 0 Å².